The summed E-state index contributed by atoms with van der Waals surface area (Å²) < 4.78 is 0.983. The van der Waals surface area contributed by atoms with E-state index in [-0.39, 0.29) is 17.9 Å². The fourth-order valence-corrected chi connectivity index (χ4v) is 2.67. The third-order valence-electron chi connectivity index (χ3n) is 3.42. The fraction of sp³-hybridized carbons (Fsp3) is 0.429. The number of carbonyl (C=O) groups excluding carboxylic acids is 1. The van der Waals surface area contributed by atoms with Gasteiger partial charge in [-0.15, -0.1) is 0 Å². The highest BCUT2D eigenvalue weighted by Gasteiger charge is 2.30. The first-order valence-corrected chi connectivity index (χ1v) is 7.10. The van der Waals surface area contributed by atoms with Gasteiger partial charge in [-0.25, -0.2) is 0 Å². The largest absolute Gasteiger partial charge is 0.481 e. The molecule has 1 aliphatic rings. The number of aliphatic carboxylic acids is 1. The molecule has 2 atom stereocenters. The van der Waals surface area contributed by atoms with E-state index in [0.29, 0.717) is 19.3 Å². The van der Waals surface area contributed by atoms with Crippen molar-refractivity contribution in [2.45, 2.75) is 31.7 Å². The molecule has 5 heteroatoms. The molecule has 1 fully saturated rings. The number of carboxylic acids is 1. The molecule has 0 saturated heterocycles. The van der Waals surface area contributed by atoms with Gasteiger partial charge in [0.1, 0.15) is 0 Å². The highest BCUT2D eigenvalue weighted by atomic mass is 79.9. The number of nitrogens with one attached hydrogen (secondary N) is 1. The molecule has 0 aliphatic heterocycles. The zero-order valence-electron chi connectivity index (χ0n) is 10.4. The summed E-state index contributed by atoms with van der Waals surface area (Å²) in [6.45, 7) is 0. The molecule has 0 aromatic heterocycles. The van der Waals surface area contributed by atoms with Crippen LogP contribution in [-0.2, 0) is 16.0 Å². The molecule has 2 N–H and O–H groups in total. The maximum absolute atomic E-state index is 11.9. The van der Waals surface area contributed by atoms with Crippen LogP contribution < -0.4 is 5.32 Å². The number of hydrogen-bond acceptors (Lipinski definition) is 2. The second-order valence-electron chi connectivity index (χ2n) is 4.92. The van der Waals surface area contributed by atoms with Crippen molar-refractivity contribution in [1.29, 1.82) is 0 Å². The van der Waals surface area contributed by atoms with Crippen molar-refractivity contribution >= 4 is 27.8 Å². The van der Waals surface area contributed by atoms with Gasteiger partial charge >= 0.3 is 5.97 Å². The van der Waals surface area contributed by atoms with Gasteiger partial charge in [-0.2, -0.15) is 0 Å². The Hall–Kier alpha value is -1.36. The Labute approximate surface area is 120 Å². The molecular weight excluding hydrogens is 310 g/mol. The van der Waals surface area contributed by atoms with Crippen LogP contribution >= 0.6 is 15.9 Å². The molecule has 0 radical (unpaired) electrons. The Bertz CT molecular complexity index is 472. The lowest BCUT2D eigenvalue weighted by molar-refractivity contribution is -0.141. The summed E-state index contributed by atoms with van der Waals surface area (Å²) in [6.07, 6.45) is 2.28. The number of benzene rings is 1. The van der Waals surface area contributed by atoms with E-state index in [2.05, 4.69) is 21.2 Å². The van der Waals surface area contributed by atoms with Crippen LogP contribution in [0.25, 0.3) is 0 Å². The fourth-order valence-electron chi connectivity index (χ4n) is 2.40. The van der Waals surface area contributed by atoms with Crippen molar-refractivity contribution < 1.29 is 14.7 Å². The number of hydrogen-bond donors (Lipinski definition) is 2. The van der Waals surface area contributed by atoms with E-state index in [1.165, 1.54) is 0 Å². The van der Waals surface area contributed by atoms with Crippen LogP contribution in [0.5, 0.6) is 0 Å². The highest BCUT2D eigenvalue weighted by molar-refractivity contribution is 9.10. The summed E-state index contributed by atoms with van der Waals surface area (Å²) in [5.41, 5.74) is 0.952. The van der Waals surface area contributed by atoms with E-state index in [9.17, 15) is 9.59 Å². The third kappa shape index (κ3) is 4.06. The maximum Gasteiger partial charge on any atom is 0.306 e. The molecule has 0 heterocycles. The van der Waals surface area contributed by atoms with E-state index in [4.69, 9.17) is 5.11 Å². The van der Waals surface area contributed by atoms with Crippen LogP contribution in [0.4, 0.5) is 0 Å². The van der Waals surface area contributed by atoms with E-state index in [0.717, 1.165) is 16.5 Å². The van der Waals surface area contributed by atoms with Crippen LogP contribution in [0.15, 0.2) is 28.7 Å². The topological polar surface area (TPSA) is 66.4 Å². The Balaban J connectivity index is 1.82. The molecule has 1 aliphatic carbocycles. The lowest BCUT2D eigenvalue weighted by Gasteiger charge is -2.12. The molecule has 2 rings (SSSR count). The zero-order valence-corrected chi connectivity index (χ0v) is 12.0. The predicted molar refractivity (Wildman–Crippen MR) is 74.8 cm³/mol. The van der Waals surface area contributed by atoms with Crippen LogP contribution in [0.1, 0.15) is 24.8 Å². The van der Waals surface area contributed by atoms with Crippen LogP contribution in [-0.4, -0.2) is 23.0 Å². The number of halogens is 1. The summed E-state index contributed by atoms with van der Waals surface area (Å²) in [6, 6.07) is 7.61. The summed E-state index contributed by atoms with van der Waals surface area (Å²) in [5.74, 6) is -1.11. The molecule has 1 saturated carbocycles. The number of carbonyl (C=O) groups is 2. The lowest BCUT2D eigenvalue weighted by atomic mass is 10.1. The molecule has 0 unspecified atom stereocenters. The molecule has 1 amide bonds. The van der Waals surface area contributed by atoms with Gasteiger partial charge in [0.15, 0.2) is 0 Å². The first kappa shape index (κ1) is 14.1. The maximum atomic E-state index is 11.9. The minimum absolute atomic E-state index is 0.00375. The van der Waals surface area contributed by atoms with E-state index in [1.807, 2.05) is 24.3 Å². The summed E-state index contributed by atoms with van der Waals surface area (Å²) in [5, 5.41) is 11.8. The molecule has 0 bridgehead atoms. The van der Waals surface area contributed by atoms with Crippen molar-refractivity contribution in [3.63, 3.8) is 0 Å². The monoisotopic (exact) mass is 325 g/mol. The van der Waals surface area contributed by atoms with E-state index < -0.39 is 5.97 Å². The zero-order chi connectivity index (χ0) is 13.8. The quantitative estimate of drug-likeness (QED) is 0.893. The van der Waals surface area contributed by atoms with Crippen LogP contribution in [0, 0.1) is 5.92 Å². The Kier molecular flexibility index (Phi) is 4.58. The number of rotatable bonds is 4. The van der Waals surface area contributed by atoms with Gasteiger partial charge in [-0.05, 0) is 37.0 Å². The van der Waals surface area contributed by atoms with Crippen LogP contribution in [0.3, 0.4) is 0 Å². The van der Waals surface area contributed by atoms with Crippen LogP contribution in [0.2, 0.25) is 0 Å². The number of carboxylic acid groups (broad SMARTS) is 1. The van der Waals surface area contributed by atoms with E-state index >= 15 is 0 Å². The SMILES string of the molecule is O=C(Cc1ccc(Br)cc1)N[C@H]1CC[C@@H](C(=O)O)C1. The minimum atomic E-state index is -0.760. The summed E-state index contributed by atoms with van der Waals surface area (Å²) in [7, 11) is 0. The van der Waals surface area contributed by atoms with Gasteiger partial charge in [0, 0.05) is 10.5 Å². The average Bonchev–Trinajstić information content (AvgIpc) is 2.80. The second kappa shape index (κ2) is 6.19. The minimum Gasteiger partial charge on any atom is -0.481 e. The molecular formula is C14H16BrNO3. The Morgan fingerprint density at radius 2 is 1.95 bits per heavy atom. The van der Waals surface area contributed by atoms with Gasteiger partial charge in [-0.3, -0.25) is 9.59 Å². The van der Waals surface area contributed by atoms with Crippen molar-refractivity contribution in [2.75, 3.05) is 0 Å². The Morgan fingerprint density at radius 3 is 2.53 bits per heavy atom. The van der Waals surface area contributed by atoms with Crippen molar-refractivity contribution in [3.05, 3.63) is 34.3 Å². The summed E-state index contributed by atoms with van der Waals surface area (Å²) in [4.78, 5) is 22.7. The smallest absolute Gasteiger partial charge is 0.306 e. The molecule has 102 valence electrons. The predicted octanol–water partition coefficient (Wildman–Crippen LogP) is 2.36. The van der Waals surface area contributed by atoms with Gasteiger partial charge in [0.25, 0.3) is 0 Å². The van der Waals surface area contributed by atoms with Crippen molar-refractivity contribution in [2.24, 2.45) is 5.92 Å². The third-order valence-corrected chi connectivity index (χ3v) is 3.95. The van der Waals surface area contributed by atoms with Gasteiger partial charge in [-0.1, -0.05) is 28.1 Å². The molecule has 4 nitrogen and oxygen atoms in total. The van der Waals surface area contributed by atoms with E-state index in [1.54, 1.807) is 0 Å². The number of amides is 1. The van der Waals surface area contributed by atoms with Gasteiger partial charge < -0.3 is 10.4 Å². The molecule has 19 heavy (non-hydrogen) atoms. The van der Waals surface area contributed by atoms with Crippen molar-refractivity contribution in [3.8, 4) is 0 Å². The lowest BCUT2D eigenvalue weighted by Crippen LogP contribution is -2.34. The standard InChI is InChI=1S/C14H16BrNO3/c15-11-4-1-9(2-5-11)7-13(17)16-12-6-3-10(8-12)14(18)19/h1-2,4-5,10,12H,3,6-8H2,(H,16,17)(H,18,19)/t10-,12+/m1/s1. The highest BCUT2D eigenvalue weighted by Crippen LogP contribution is 2.25. The molecule has 1 aromatic carbocycles. The average molecular weight is 326 g/mol. The molecule has 1 aromatic rings. The van der Waals surface area contributed by atoms with Gasteiger partial charge in [0.05, 0.1) is 12.3 Å². The van der Waals surface area contributed by atoms with Gasteiger partial charge in [0.2, 0.25) is 5.91 Å². The summed E-state index contributed by atoms with van der Waals surface area (Å²) >= 11 is 3.35. The Morgan fingerprint density at radius 1 is 1.26 bits per heavy atom. The second-order valence-corrected chi connectivity index (χ2v) is 5.83. The first-order chi connectivity index (χ1) is 9.04. The molecule has 0 spiro atoms. The first-order valence-electron chi connectivity index (χ1n) is 6.31. The van der Waals surface area contributed by atoms with Crippen molar-refractivity contribution in [1.82, 2.24) is 5.32 Å². The normalized spacial score (nSPS) is 22.2.